The van der Waals surface area contributed by atoms with Gasteiger partial charge in [-0.2, -0.15) is 5.10 Å². The number of pyridine rings is 1. The van der Waals surface area contributed by atoms with Crippen molar-refractivity contribution in [1.29, 1.82) is 0 Å². The van der Waals surface area contributed by atoms with Crippen LogP contribution >= 0.6 is 0 Å². The van der Waals surface area contributed by atoms with Crippen LogP contribution in [-0.4, -0.2) is 14.8 Å². The van der Waals surface area contributed by atoms with E-state index in [9.17, 15) is 0 Å². The van der Waals surface area contributed by atoms with Crippen LogP contribution in [0.15, 0.2) is 24.5 Å². The Kier molecular flexibility index (Phi) is 3.54. The van der Waals surface area contributed by atoms with Crippen LogP contribution < -0.4 is 5.73 Å². The highest BCUT2D eigenvalue weighted by Gasteiger charge is 2.11. The van der Waals surface area contributed by atoms with Gasteiger partial charge in [0.05, 0.1) is 11.9 Å². The van der Waals surface area contributed by atoms with Crippen LogP contribution in [0.4, 0.5) is 0 Å². The van der Waals surface area contributed by atoms with Gasteiger partial charge in [-0.25, -0.2) is 9.67 Å². The van der Waals surface area contributed by atoms with Crippen LogP contribution in [0.3, 0.4) is 0 Å². The van der Waals surface area contributed by atoms with Crippen molar-refractivity contribution >= 4 is 0 Å². The third-order valence-electron chi connectivity index (χ3n) is 2.78. The molecule has 0 saturated carbocycles. The van der Waals surface area contributed by atoms with Crippen LogP contribution in [0.5, 0.6) is 0 Å². The predicted molar refractivity (Wildman–Crippen MR) is 68.0 cm³/mol. The van der Waals surface area contributed by atoms with Crippen molar-refractivity contribution in [3.05, 3.63) is 41.3 Å². The number of aryl methyl sites for hydroxylation is 1. The summed E-state index contributed by atoms with van der Waals surface area (Å²) >= 11 is 0. The Morgan fingerprint density at radius 1 is 1.41 bits per heavy atom. The molecule has 0 saturated heterocycles. The van der Waals surface area contributed by atoms with Gasteiger partial charge in [-0.3, -0.25) is 0 Å². The first-order valence-electron chi connectivity index (χ1n) is 5.95. The number of nitrogens with zero attached hydrogens (tertiary/aromatic N) is 3. The molecule has 2 N–H and O–H groups in total. The first-order chi connectivity index (χ1) is 8.26. The molecule has 2 rings (SSSR count). The van der Waals surface area contributed by atoms with Gasteiger partial charge in [-0.1, -0.05) is 13.3 Å². The summed E-state index contributed by atoms with van der Waals surface area (Å²) in [5, 5.41) is 4.39. The normalized spacial score (nSPS) is 10.8. The zero-order chi connectivity index (χ0) is 12.3. The summed E-state index contributed by atoms with van der Waals surface area (Å²) in [4.78, 5) is 4.36. The minimum atomic E-state index is 0.529. The Bertz CT molecular complexity index is 502. The average Bonchev–Trinajstić information content (AvgIpc) is 2.72. The second kappa shape index (κ2) is 5.10. The lowest BCUT2D eigenvalue weighted by Gasteiger charge is -2.07. The summed E-state index contributed by atoms with van der Waals surface area (Å²) in [5.74, 6) is 0.869. The monoisotopic (exact) mass is 230 g/mol. The first-order valence-corrected chi connectivity index (χ1v) is 5.95. The van der Waals surface area contributed by atoms with Crippen LogP contribution in [0.1, 0.15) is 30.2 Å². The van der Waals surface area contributed by atoms with Crippen molar-refractivity contribution in [2.24, 2.45) is 5.73 Å². The highest BCUT2D eigenvalue weighted by molar-refractivity contribution is 5.31. The molecule has 0 spiro atoms. The second-order valence-electron chi connectivity index (χ2n) is 4.17. The van der Waals surface area contributed by atoms with E-state index in [-0.39, 0.29) is 0 Å². The molecule has 0 bridgehead atoms. The van der Waals surface area contributed by atoms with E-state index in [0.717, 1.165) is 24.2 Å². The largest absolute Gasteiger partial charge is 0.326 e. The third-order valence-corrected chi connectivity index (χ3v) is 2.78. The van der Waals surface area contributed by atoms with Crippen LogP contribution in [0.2, 0.25) is 0 Å². The van der Waals surface area contributed by atoms with Crippen molar-refractivity contribution in [2.75, 3.05) is 0 Å². The van der Waals surface area contributed by atoms with Gasteiger partial charge in [-0.15, -0.1) is 0 Å². The van der Waals surface area contributed by atoms with Gasteiger partial charge in [0.25, 0.3) is 0 Å². The van der Waals surface area contributed by atoms with Gasteiger partial charge in [0.15, 0.2) is 5.82 Å². The van der Waals surface area contributed by atoms with Gasteiger partial charge in [0, 0.05) is 18.3 Å². The Morgan fingerprint density at radius 3 is 2.88 bits per heavy atom. The molecule has 4 heteroatoms. The number of nitrogens with two attached hydrogens (primary N) is 1. The SMILES string of the molecule is CCCc1c(CN)cnn1-c1cc(C)ccn1. The number of hydrogen-bond donors (Lipinski definition) is 1. The van der Waals surface area contributed by atoms with E-state index in [1.165, 1.54) is 11.3 Å². The zero-order valence-electron chi connectivity index (χ0n) is 10.3. The number of aromatic nitrogens is 3. The molecule has 0 radical (unpaired) electrons. The average molecular weight is 230 g/mol. The third kappa shape index (κ3) is 2.36. The molecule has 2 aromatic heterocycles. The summed E-state index contributed by atoms with van der Waals surface area (Å²) < 4.78 is 1.90. The molecule has 2 heterocycles. The Balaban J connectivity index is 2.47. The van der Waals surface area contributed by atoms with E-state index in [0.29, 0.717) is 6.54 Å². The van der Waals surface area contributed by atoms with Crippen molar-refractivity contribution in [2.45, 2.75) is 33.2 Å². The van der Waals surface area contributed by atoms with Crippen molar-refractivity contribution in [1.82, 2.24) is 14.8 Å². The van der Waals surface area contributed by atoms with Crippen molar-refractivity contribution < 1.29 is 0 Å². The van der Waals surface area contributed by atoms with Crippen LogP contribution in [-0.2, 0) is 13.0 Å². The minimum absolute atomic E-state index is 0.529. The smallest absolute Gasteiger partial charge is 0.153 e. The summed E-state index contributed by atoms with van der Waals surface area (Å²) in [5.41, 5.74) is 9.19. The molecule has 0 fully saturated rings. The van der Waals surface area contributed by atoms with E-state index in [1.54, 1.807) is 0 Å². The maximum absolute atomic E-state index is 5.73. The van der Waals surface area contributed by atoms with Crippen molar-refractivity contribution in [3.63, 3.8) is 0 Å². The van der Waals surface area contributed by atoms with Gasteiger partial charge in [-0.05, 0) is 31.0 Å². The van der Waals surface area contributed by atoms with Gasteiger partial charge in [0.1, 0.15) is 0 Å². The number of hydrogen-bond acceptors (Lipinski definition) is 3. The summed E-state index contributed by atoms with van der Waals surface area (Å²) in [6.45, 7) is 4.74. The maximum Gasteiger partial charge on any atom is 0.153 e. The lowest BCUT2D eigenvalue weighted by molar-refractivity contribution is 0.750. The van der Waals surface area contributed by atoms with E-state index >= 15 is 0 Å². The standard InChI is InChI=1S/C13H18N4/c1-3-4-12-11(8-14)9-16-17(12)13-7-10(2)5-6-15-13/h5-7,9H,3-4,8,14H2,1-2H3. The Labute approximate surface area is 101 Å². The first kappa shape index (κ1) is 11.8. The fourth-order valence-corrected chi connectivity index (χ4v) is 1.91. The maximum atomic E-state index is 5.73. The molecule has 17 heavy (non-hydrogen) atoms. The second-order valence-corrected chi connectivity index (χ2v) is 4.17. The van der Waals surface area contributed by atoms with Crippen molar-refractivity contribution in [3.8, 4) is 5.82 Å². The summed E-state index contributed by atoms with van der Waals surface area (Å²) in [7, 11) is 0. The van der Waals surface area contributed by atoms with Crippen LogP contribution in [0.25, 0.3) is 5.82 Å². The molecule has 0 aliphatic heterocycles. The molecule has 4 nitrogen and oxygen atoms in total. The lowest BCUT2D eigenvalue weighted by atomic mass is 10.1. The minimum Gasteiger partial charge on any atom is -0.326 e. The quantitative estimate of drug-likeness (QED) is 0.873. The molecule has 0 atom stereocenters. The molecular formula is C13H18N4. The van der Waals surface area contributed by atoms with E-state index in [1.807, 2.05) is 29.2 Å². The molecular weight excluding hydrogens is 212 g/mol. The highest BCUT2D eigenvalue weighted by atomic mass is 15.3. The molecule has 0 unspecified atom stereocenters. The Morgan fingerprint density at radius 2 is 2.24 bits per heavy atom. The predicted octanol–water partition coefficient (Wildman–Crippen LogP) is 1.99. The molecule has 0 aliphatic rings. The molecule has 90 valence electrons. The molecule has 0 amide bonds. The van der Waals surface area contributed by atoms with E-state index in [4.69, 9.17) is 5.73 Å². The topological polar surface area (TPSA) is 56.7 Å². The van der Waals surface area contributed by atoms with E-state index in [2.05, 4.69) is 23.9 Å². The summed E-state index contributed by atoms with van der Waals surface area (Å²) in [6, 6.07) is 4.02. The Hall–Kier alpha value is -1.68. The van der Waals surface area contributed by atoms with Gasteiger partial charge in [0.2, 0.25) is 0 Å². The highest BCUT2D eigenvalue weighted by Crippen LogP contribution is 2.15. The number of rotatable bonds is 4. The lowest BCUT2D eigenvalue weighted by Crippen LogP contribution is -2.07. The van der Waals surface area contributed by atoms with Crippen LogP contribution in [0, 0.1) is 6.92 Å². The molecule has 2 aromatic rings. The fraction of sp³-hybridized carbons (Fsp3) is 0.385. The van der Waals surface area contributed by atoms with Gasteiger partial charge < -0.3 is 5.73 Å². The summed E-state index contributed by atoms with van der Waals surface area (Å²) in [6.07, 6.45) is 5.70. The zero-order valence-corrected chi connectivity index (χ0v) is 10.3. The molecule has 0 aromatic carbocycles. The fourth-order valence-electron chi connectivity index (χ4n) is 1.91. The van der Waals surface area contributed by atoms with E-state index < -0.39 is 0 Å². The van der Waals surface area contributed by atoms with Gasteiger partial charge >= 0.3 is 0 Å². The molecule has 0 aliphatic carbocycles.